The van der Waals surface area contributed by atoms with Crippen LogP contribution in [0.15, 0.2) is 12.1 Å². The second-order valence-corrected chi connectivity index (χ2v) is 3.86. The van der Waals surface area contributed by atoms with Gasteiger partial charge in [0.15, 0.2) is 6.61 Å². The summed E-state index contributed by atoms with van der Waals surface area (Å²) in [6.45, 7) is 1.24. The number of likely N-dealkylation sites (N-methyl/N-ethyl adjacent to an activating group) is 1. The molecule has 0 aliphatic carbocycles. The summed E-state index contributed by atoms with van der Waals surface area (Å²) in [6, 6.07) is 3.98. The van der Waals surface area contributed by atoms with Crippen molar-refractivity contribution in [1.29, 1.82) is 0 Å². The second-order valence-electron chi connectivity index (χ2n) is 3.86. The number of hydrogen-bond donors (Lipinski definition) is 0. The molecule has 14 heavy (non-hydrogen) atoms. The summed E-state index contributed by atoms with van der Waals surface area (Å²) in [5.41, 5.74) is 3.22. The predicted molar refractivity (Wildman–Crippen MR) is 53.2 cm³/mol. The Morgan fingerprint density at radius 1 is 1.43 bits per heavy atom. The largest absolute Gasteiger partial charge is 0.485 e. The van der Waals surface area contributed by atoms with Gasteiger partial charge in [0.2, 0.25) is 5.78 Å². The van der Waals surface area contributed by atoms with Gasteiger partial charge in [-0.1, -0.05) is 0 Å². The normalized spacial score (nSPS) is 18.1. The molecule has 1 aromatic rings. The van der Waals surface area contributed by atoms with E-state index < -0.39 is 0 Å². The average molecular weight is 189 g/mol. The first-order valence-corrected chi connectivity index (χ1v) is 4.80. The number of rotatable bonds is 0. The van der Waals surface area contributed by atoms with Crippen LogP contribution in [-0.4, -0.2) is 26.0 Å². The fourth-order valence-corrected chi connectivity index (χ4v) is 2.13. The highest BCUT2D eigenvalue weighted by Crippen LogP contribution is 2.35. The van der Waals surface area contributed by atoms with Gasteiger partial charge in [0.1, 0.15) is 5.75 Å². The van der Waals surface area contributed by atoms with E-state index in [1.165, 1.54) is 11.3 Å². The highest BCUT2D eigenvalue weighted by atomic mass is 16.5. The first-order valence-electron chi connectivity index (χ1n) is 4.80. The molecule has 0 spiro atoms. The van der Waals surface area contributed by atoms with Crippen LogP contribution in [0.5, 0.6) is 5.75 Å². The molecule has 0 unspecified atom stereocenters. The molecule has 72 valence electrons. The number of carbonyl (C=O) groups excluding carboxylic acids is 1. The van der Waals surface area contributed by atoms with Crippen LogP contribution in [0, 0.1) is 0 Å². The van der Waals surface area contributed by atoms with Gasteiger partial charge in [-0.15, -0.1) is 0 Å². The lowest BCUT2D eigenvalue weighted by atomic mass is 10.1. The number of ketones is 1. The van der Waals surface area contributed by atoms with Gasteiger partial charge in [-0.05, 0) is 24.1 Å². The van der Waals surface area contributed by atoms with Gasteiger partial charge in [-0.2, -0.15) is 0 Å². The summed E-state index contributed by atoms with van der Waals surface area (Å²) < 4.78 is 5.30. The topological polar surface area (TPSA) is 29.5 Å². The quantitative estimate of drug-likeness (QED) is 0.615. The number of nitrogens with zero attached hydrogens (tertiary/aromatic N) is 1. The van der Waals surface area contributed by atoms with Crippen LogP contribution in [0.4, 0.5) is 5.69 Å². The van der Waals surface area contributed by atoms with Gasteiger partial charge in [0.25, 0.3) is 0 Å². The smallest absolute Gasteiger partial charge is 0.203 e. The fraction of sp³-hybridized carbons (Fsp3) is 0.364. The molecule has 2 aliphatic rings. The zero-order chi connectivity index (χ0) is 9.71. The Labute approximate surface area is 82.3 Å². The Morgan fingerprint density at radius 2 is 2.29 bits per heavy atom. The molecule has 0 saturated heterocycles. The highest BCUT2D eigenvalue weighted by molar-refractivity contribution is 6.03. The minimum Gasteiger partial charge on any atom is -0.485 e. The molecule has 2 aliphatic heterocycles. The van der Waals surface area contributed by atoms with E-state index in [2.05, 4.69) is 11.9 Å². The van der Waals surface area contributed by atoms with E-state index in [0.29, 0.717) is 0 Å². The van der Waals surface area contributed by atoms with Crippen molar-refractivity contribution in [2.24, 2.45) is 0 Å². The summed E-state index contributed by atoms with van der Waals surface area (Å²) in [4.78, 5) is 13.6. The molecular weight excluding hydrogens is 178 g/mol. The van der Waals surface area contributed by atoms with E-state index in [-0.39, 0.29) is 12.4 Å². The number of carbonyl (C=O) groups is 1. The minimum absolute atomic E-state index is 0.100. The van der Waals surface area contributed by atoms with Gasteiger partial charge < -0.3 is 9.64 Å². The lowest BCUT2D eigenvalue weighted by Crippen LogP contribution is -2.12. The molecule has 2 heterocycles. The predicted octanol–water partition coefficient (Wildman–Crippen LogP) is 1.25. The maximum atomic E-state index is 11.4. The van der Waals surface area contributed by atoms with Crippen LogP contribution in [0.3, 0.4) is 0 Å². The van der Waals surface area contributed by atoms with Crippen LogP contribution in [0.1, 0.15) is 15.9 Å². The third kappa shape index (κ3) is 0.895. The van der Waals surface area contributed by atoms with Gasteiger partial charge >= 0.3 is 0 Å². The van der Waals surface area contributed by atoms with Crippen molar-refractivity contribution in [2.75, 3.05) is 25.1 Å². The molecule has 0 N–H and O–H groups in total. The van der Waals surface area contributed by atoms with Crippen molar-refractivity contribution in [3.05, 3.63) is 23.3 Å². The summed E-state index contributed by atoms with van der Waals surface area (Å²) in [5.74, 6) is 0.868. The molecule has 3 heteroatoms. The van der Waals surface area contributed by atoms with Crippen molar-refractivity contribution in [1.82, 2.24) is 0 Å². The molecule has 3 nitrogen and oxygen atoms in total. The van der Waals surface area contributed by atoms with E-state index in [4.69, 9.17) is 4.74 Å². The summed E-state index contributed by atoms with van der Waals surface area (Å²) in [6.07, 6.45) is 1.05. The van der Waals surface area contributed by atoms with E-state index in [0.717, 1.165) is 24.3 Å². The first-order chi connectivity index (χ1) is 6.75. The molecule has 0 aromatic heterocycles. The molecule has 0 atom stereocenters. The average Bonchev–Trinajstić information content (AvgIpc) is 2.71. The third-order valence-electron chi connectivity index (χ3n) is 2.97. The first kappa shape index (κ1) is 7.85. The number of benzene rings is 1. The van der Waals surface area contributed by atoms with Crippen molar-refractivity contribution < 1.29 is 9.53 Å². The van der Waals surface area contributed by atoms with E-state index in [1.54, 1.807) is 0 Å². The minimum atomic E-state index is 0.100. The molecule has 0 amide bonds. The van der Waals surface area contributed by atoms with E-state index in [9.17, 15) is 4.79 Å². The summed E-state index contributed by atoms with van der Waals surface area (Å²) in [5, 5.41) is 0. The van der Waals surface area contributed by atoms with Gasteiger partial charge in [0, 0.05) is 19.3 Å². The Kier molecular flexibility index (Phi) is 1.40. The van der Waals surface area contributed by atoms with E-state index in [1.807, 2.05) is 12.1 Å². The lowest BCUT2D eigenvalue weighted by molar-refractivity contribution is 0.0961. The Bertz CT molecular complexity index is 426. The van der Waals surface area contributed by atoms with Gasteiger partial charge in [0.05, 0.1) is 5.56 Å². The summed E-state index contributed by atoms with van der Waals surface area (Å²) >= 11 is 0. The Morgan fingerprint density at radius 3 is 3.14 bits per heavy atom. The fourth-order valence-electron chi connectivity index (χ4n) is 2.13. The number of hydrogen-bond acceptors (Lipinski definition) is 3. The molecule has 1 aromatic carbocycles. The zero-order valence-electron chi connectivity index (χ0n) is 8.04. The number of anilines is 1. The van der Waals surface area contributed by atoms with E-state index >= 15 is 0 Å². The Balaban J connectivity index is 2.20. The molecule has 3 rings (SSSR count). The molecule has 0 saturated carbocycles. The Hall–Kier alpha value is -1.51. The molecular formula is C11H11NO2. The number of ether oxygens (including phenoxy) is 1. The standard InChI is InChI=1S/C11H11NO2/c1-12-3-2-7-4-11-8(5-9(7)12)10(13)6-14-11/h4-5H,2-3,6H2,1H3. The number of Topliss-reactive ketones (excluding diaryl/α,β-unsaturated/α-hetero) is 1. The monoisotopic (exact) mass is 189 g/mol. The van der Waals surface area contributed by atoms with Crippen LogP contribution >= 0.6 is 0 Å². The maximum absolute atomic E-state index is 11.4. The SMILES string of the molecule is CN1CCc2cc3c(cc21)C(=O)CO3. The van der Waals surface area contributed by atoms with Crippen molar-refractivity contribution in [3.63, 3.8) is 0 Å². The molecule has 0 fully saturated rings. The third-order valence-corrected chi connectivity index (χ3v) is 2.97. The lowest BCUT2D eigenvalue weighted by Gasteiger charge is -2.12. The van der Waals surface area contributed by atoms with Gasteiger partial charge in [-0.3, -0.25) is 4.79 Å². The van der Waals surface area contributed by atoms with Crippen LogP contribution in [-0.2, 0) is 6.42 Å². The highest BCUT2D eigenvalue weighted by Gasteiger charge is 2.26. The molecule has 0 radical (unpaired) electrons. The zero-order valence-corrected chi connectivity index (χ0v) is 8.04. The van der Waals surface area contributed by atoms with Crippen molar-refractivity contribution in [3.8, 4) is 5.75 Å². The summed E-state index contributed by atoms with van der Waals surface area (Å²) in [7, 11) is 2.05. The van der Waals surface area contributed by atoms with Gasteiger partial charge in [-0.25, -0.2) is 0 Å². The van der Waals surface area contributed by atoms with Crippen LogP contribution < -0.4 is 9.64 Å². The van der Waals surface area contributed by atoms with Crippen molar-refractivity contribution >= 4 is 11.5 Å². The second kappa shape index (κ2) is 2.50. The maximum Gasteiger partial charge on any atom is 0.203 e. The van der Waals surface area contributed by atoms with Crippen LogP contribution in [0.2, 0.25) is 0 Å². The van der Waals surface area contributed by atoms with Crippen LogP contribution in [0.25, 0.3) is 0 Å². The number of fused-ring (bicyclic) bond motifs is 2. The van der Waals surface area contributed by atoms with Crippen molar-refractivity contribution in [2.45, 2.75) is 6.42 Å². The molecule has 0 bridgehead atoms.